The summed E-state index contributed by atoms with van der Waals surface area (Å²) in [6, 6.07) is 6.84. The van der Waals surface area contributed by atoms with Crippen LogP contribution in [0.2, 0.25) is 0 Å². The van der Waals surface area contributed by atoms with E-state index < -0.39 is 0 Å². The Bertz CT molecular complexity index is 771. The number of aromatic amines is 1. The molecular formula is C19H25ClFN5O. The third-order valence-electron chi connectivity index (χ3n) is 5.26. The number of halogens is 2. The second-order valence-corrected chi connectivity index (χ2v) is 7.11. The van der Waals surface area contributed by atoms with Crippen LogP contribution in [0.5, 0.6) is 0 Å². The highest BCUT2D eigenvalue weighted by Crippen LogP contribution is 2.18. The van der Waals surface area contributed by atoms with Crippen molar-refractivity contribution < 1.29 is 9.18 Å². The van der Waals surface area contributed by atoms with E-state index in [0.717, 1.165) is 62.3 Å². The van der Waals surface area contributed by atoms with Crippen LogP contribution in [0, 0.1) is 5.82 Å². The van der Waals surface area contributed by atoms with Crippen LogP contribution in [0.25, 0.3) is 0 Å². The number of H-pyrrole nitrogens is 1. The minimum Gasteiger partial charge on any atom is -0.348 e. The molecule has 1 aromatic heterocycles. The average molecular weight is 394 g/mol. The summed E-state index contributed by atoms with van der Waals surface area (Å²) in [5, 5.41) is 13.6. The van der Waals surface area contributed by atoms with E-state index in [1.807, 2.05) is 12.1 Å². The molecule has 2 aromatic rings. The molecule has 8 heteroatoms. The number of piperidine rings is 1. The Kier molecular flexibility index (Phi) is 6.46. The van der Waals surface area contributed by atoms with Gasteiger partial charge in [0.1, 0.15) is 5.82 Å². The number of likely N-dealkylation sites (tertiary alicyclic amines) is 1. The molecule has 146 valence electrons. The van der Waals surface area contributed by atoms with Crippen molar-refractivity contribution in [1.29, 1.82) is 0 Å². The van der Waals surface area contributed by atoms with Crippen LogP contribution >= 0.6 is 12.4 Å². The third-order valence-corrected chi connectivity index (χ3v) is 5.26. The van der Waals surface area contributed by atoms with Crippen molar-refractivity contribution in [2.75, 3.05) is 19.6 Å². The molecule has 0 radical (unpaired) electrons. The maximum Gasteiger partial charge on any atom is 0.272 e. The average Bonchev–Trinajstić information content (AvgIpc) is 3.09. The van der Waals surface area contributed by atoms with Gasteiger partial charge in [0.05, 0.1) is 0 Å². The molecule has 2 aliphatic rings. The molecule has 1 saturated heterocycles. The van der Waals surface area contributed by atoms with Crippen molar-refractivity contribution in [2.24, 2.45) is 0 Å². The van der Waals surface area contributed by atoms with E-state index in [1.54, 1.807) is 0 Å². The van der Waals surface area contributed by atoms with Gasteiger partial charge >= 0.3 is 0 Å². The Morgan fingerprint density at radius 1 is 1.26 bits per heavy atom. The number of hydrogen-bond acceptors (Lipinski definition) is 4. The monoisotopic (exact) mass is 393 g/mol. The number of fused-ring (bicyclic) bond motifs is 1. The molecule has 0 unspecified atom stereocenters. The van der Waals surface area contributed by atoms with E-state index >= 15 is 0 Å². The number of aromatic nitrogens is 2. The van der Waals surface area contributed by atoms with Crippen molar-refractivity contribution in [1.82, 2.24) is 25.7 Å². The van der Waals surface area contributed by atoms with E-state index in [4.69, 9.17) is 0 Å². The van der Waals surface area contributed by atoms with Crippen LogP contribution in [-0.2, 0) is 19.5 Å². The normalized spacial score (nSPS) is 17.8. The number of amides is 1. The first-order valence-corrected chi connectivity index (χ1v) is 9.23. The molecule has 0 saturated carbocycles. The lowest BCUT2D eigenvalue weighted by Gasteiger charge is -2.32. The van der Waals surface area contributed by atoms with Gasteiger partial charge in [0.15, 0.2) is 5.69 Å². The summed E-state index contributed by atoms with van der Waals surface area (Å²) < 4.78 is 13.0. The van der Waals surface area contributed by atoms with Gasteiger partial charge < -0.3 is 10.6 Å². The topological polar surface area (TPSA) is 73.0 Å². The second kappa shape index (κ2) is 8.82. The van der Waals surface area contributed by atoms with Crippen molar-refractivity contribution >= 4 is 18.3 Å². The Hall–Kier alpha value is -1.96. The molecule has 0 aliphatic carbocycles. The zero-order valence-electron chi connectivity index (χ0n) is 15.1. The molecule has 1 aromatic carbocycles. The van der Waals surface area contributed by atoms with Crippen LogP contribution in [0.1, 0.15) is 40.2 Å². The first-order chi connectivity index (χ1) is 12.7. The van der Waals surface area contributed by atoms with Crippen molar-refractivity contribution in [3.63, 3.8) is 0 Å². The molecule has 0 spiro atoms. The van der Waals surface area contributed by atoms with E-state index in [-0.39, 0.29) is 30.2 Å². The number of carbonyl (C=O) groups is 1. The first kappa shape index (κ1) is 19.8. The summed E-state index contributed by atoms with van der Waals surface area (Å²) in [7, 11) is 0. The molecule has 6 nitrogen and oxygen atoms in total. The fourth-order valence-corrected chi connectivity index (χ4v) is 3.75. The fraction of sp³-hybridized carbons (Fsp3) is 0.474. The summed E-state index contributed by atoms with van der Waals surface area (Å²) in [6.07, 6.45) is 2.72. The Morgan fingerprint density at radius 2 is 2.00 bits per heavy atom. The van der Waals surface area contributed by atoms with Gasteiger partial charge in [-0.25, -0.2) is 4.39 Å². The highest BCUT2D eigenvalue weighted by Gasteiger charge is 2.25. The highest BCUT2D eigenvalue weighted by molar-refractivity contribution is 5.94. The smallest absolute Gasteiger partial charge is 0.272 e. The van der Waals surface area contributed by atoms with Gasteiger partial charge in [0, 0.05) is 56.4 Å². The largest absolute Gasteiger partial charge is 0.348 e. The van der Waals surface area contributed by atoms with Crippen LogP contribution in [0.15, 0.2) is 24.3 Å². The van der Waals surface area contributed by atoms with E-state index in [2.05, 4.69) is 25.7 Å². The SMILES string of the molecule is Cl.O=C(NC1CCN(Cc2ccc(F)cc2)CC1)c1n[nH]c2c1CNCC2. The van der Waals surface area contributed by atoms with E-state index in [9.17, 15) is 9.18 Å². The number of carbonyl (C=O) groups excluding carboxylic acids is 1. The molecule has 3 heterocycles. The number of benzene rings is 1. The van der Waals surface area contributed by atoms with Gasteiger partial charge in [-0.3, -0.25) is 14.8 Å². The van der Waals surface area contributed by atoms with Crippen molar-refractivity contribution in [2.45, 2.75) is 38.4 Å². The summed E-state index contributed by atoms with van der Waals surface area (Å²) in [4.78, 5) is 14.9. The van der Waals surface area contributed by atoms with Gasteiger partial charge in [-0.05, 0) is 30.5 Å². The Balaban J connectivity index is 0.00000210. The maximum absolute atomic E-state index is 13.0. The highest BCUT2D eigenvalue weighted by atomic mass is 35.5. The number of hydrogen-bond donors (Lipinski definition) is 3. The second-order valence-electron chi connectivity index (χ2n) is 7.11. The number of nitrogens with zero attached hydrogens (tertiary/aromatic N) is 2. The summed E-state index contributed by atoms with van der Waals surface area (Å²) >= 11 is 0. The van der Waals surface area contributed by atoms with Gasteiger partial charge in [-0.15, -0.1) is 12.4 Å². The molecule has 1 fully saturated rings. The zero-order valence-corrected chi connectivity index (χ0v) is 15.9. The molecule has 1 amide bonds. The quantitative estimate of drug-likeness (QED) is 0.743. The van der Waals surface area contributed by atoms with Crippen LogP contribution in [0.4, 0.5) is 4.39 Å². The molecular weight excluding hydrogens is 369 g/mol. The van der Waals surface area contributed by atoms with Gasteiger partial charge in [0.2, 0.25) is 0 Å². The molecule has 3 N–H and O–H groups in total. The molecule has 27 heavy (non-hydrogen) atoms. The molecule has 0 atom stereocenters. The van der Waals surface area contributed by atoms with Gasteiger partial charge in [-0.1, -0.05) is 12.1 Å². The lowest BCUT2D eigenvalue weighted by Crippen LogP contribution is -2.44. The van der Waals surface area contributed by atoms with Crippen molar-refractivity contribution in [3.05, 3.63) is 52.6 Å². The van der Waals surface area contributed by atoms with Crippen LogP contribution in [0.3, 0.4) is 0 Å². The first-order valence-electron chi connectivity index (χ1n) is 9.23. The van der Waals surface area contributed by atoms with Gasteiger partial charge in [0.25, 0.3) is 5.91 Å². The molecule has 4 rings (SSSR count). The summed E-state index contributed by atoms with van der Waals surface area (Å²) in [5.74, 6) is -0.283. The van der Waals surface area contributed by atoms with E-state index in [0.29, 0.717) is 12.2 Å². The standard InChI is InChI=1S/C19H24FN5O.ClH/c20-14-3-1-13(2-4-14)12-25-9-6-15(7-10-25)22-19(26)18-16-11-21-8-5-17(16)23-24-18;/h1-4,15,21H,5-12H2,(H,22,26)(H,23,24);1H. The van der Waals surface area contributed by atoms with Crippen LogP contribution < -0.4 is 10.6 Å². The predicted octanol–water partition coefficient (Wildman–Crippen LogP) is 2.01. The number of rotatable bonds is 4. The van der Waals surface area contributed by atoms with E-state index in [1.165, 1.54) is 12.1 Å². The Labute approximate surface area is 164 Å². The molecule has 0 bridgehead atoms. The predicted molar refractivity (Wildman–Crippen MR) is 103 cm³/mol. The minimum absolute atomic E-state index is 0. The summed E-state index contributed by atoms with van der Waals surface area (Å²) in [6.45, 7) is 4.28. The fourth-order valence-electron chi connectivity index (χ4n) is 3.75. The zero-order chi connectivity index (χ0) is 17.9. The number of nitrogens with one attached hydrogen (secondary N) is 3. The van der Waals surface area contributed by atoms with Crippen molar-refractivity contribution in [3.8, 4) is 0 Å². The maximum atomic E-state index is 13.0. The molecule has 2 aliphatic heterocycles. The lowest BCUT2D eigenvalue weighted by atomic mass is 10.0. The lowest BCUT2D eigenvalue weighted by molar-refractivity contribution is 0.0902. The minimum atomic E-state index is -0.203. The van der Waals surface area contributed by atoms with Crippen LogP contribution in [-0.4, -0.2) is 46.7 Å². The third kappa shape index (κ3) is 4.66. The Morgan fingerprint density at radius 3 is 2.74 bits per heavy atom. The summed E-state index contributed by atoms with van der Waals surface area (Å²) in [5.41, 5.74) is 3.72. The van der Waals surface area contributed by atoms with Gasteiger partial charge in [-0.2, -0.15) is 5.10 Å².